The van der Waals surface area contributed by atoms with Gasteiger partial charge in [-0.25, -0.2) is 0 Å². The summed E-state index contributed by atoms with van der Waals surface area (Å²) in [4.78, 5) is 0. The third-order valence-corrected chi connectivity index (χ3v) is 13.0. The second-order valence-electron chi connectivity index (χ2n) is 17.3. The lowest BCUT2D eigenvalue weighted by atomic mass is 9.91. The predicted molar refractivity (Wildman–Crippen MR) is 207 cm³/mol. The Morgan fingerprint density at radius 1 is 0.279 bits per heavy atom. The molecule has 0 radical (unpaired) electrons. The fourth-order valence-electron chi connectivity index (χ4n) is 8.91. The second-order valence-corrected chi connectivity index (χ2v) is 17.3. The van der Waals surface area contributed by atoms with Crippen molar-refractivity contribution < 1.29 is 149 Å². The third kappa shape index (κ3) is 11.3. The van der Waals surface area contributed by atoms with Crippen LogP contribution in [0.15, 0.2) is 0 Å². The van der Waals surface area contributed by atoms with Gasteiger partial charge in [0.1, 0.15) is 128 Å². The van der Waals surface area contributed by atoms with Gasteiger partial charge in [0, 0.05) is 13.0 Å². The van der Waals surface area contributed by atoms with E-state index in [2.05, 4.69) is 0 Å². The summed E-state index contributed by atoms with van der Waals surface area (Å²) < 4.78 is 66.6. The van der Waals surface area contributed by atoms with Crippen molar-refractivity contribution in [3.05, 3.63) is 0 Å². The molecule has 0 bridgehead atoms. The van der Waals surface area contributed by atoms with Crippen LogP contribution in [0, 0.1) is 5.92 Å². The fraction of sp³-hybridized carbons (Fsp3) is 1.00. The first-order valence-corrected chi connectivity index (χ1v) is 21.9. The molecule has 398 valence electrons. The van der Waals surface area contributed by atoms with E-state index in [0.717, 1.165) is 0 Å². The van der Waals surface area contributed by atoms with Gasteiger partial charge >= 0.3 is 0 Å². The lowest BCUT2D eigenvalue weighted by Gasteiger charge is -2.50. The second kappa shape index (κ2) is 24.2. The topological polar surface area (TPSA) is 475 Å². The summed E-state index contributed by atoms with van der Waals surface area (Å²) in [6.45, 7) is -3.70. The third-order valence-electron chi connectivity index (χ3n) is 13.0. The van der Waals surface area contributed by atoms with Crippen LogP contribution in [0.5, 0.6) is 0 Å². The first-order chi connectivity index (χ1) is 32.3. The van der Waals surface area contributed by atoms with Gasteiger partial charge in [-0.15, -0.1) is 0 Å². The van der Waals surface area contributed by atoms with Crippen molar-refractivity contribution in [2.45, 2.75) is 185 Å². The highest BCUT2D eigenvalue weighted by molar-refractivity contribution is 5.00. The average molecular weight is 1000 g/mol. The highest BCUT2D eigenvalue weighted by atomic mass is 16.8. The maximum absolute atomic E-state index is 11.2. The molecule has 68 heavy (non-hydrogen) atoms. The molecule has 18 unspecified atom stereocenters. The minimum atomic E-state index is -2.15. The highest BCUT2D eigenvalue weighted by Crippen LogP contribution is 2.37. The lowest BCUT2D eigenvalue weighted by molar-refractivity contribution is -0.395. The van der Waals surface area contributed by atoms with Gasteiger partial charge in [-0.1, -0.05) is 6.92 Å². The number of ether oxygens (including phenoxy) is 12. The van der Waals surface area contributed by atoms with Gasteiger partial charge in [0.15, 0.2) is 37.7 Å². The summed E-state index contributed by atoms with van der Waals surface area (Å²) in [6.07, 6.45) is -51.5. The maximum Gasteiger partial charge on any atom is 0.187 e. The van der Waals surface area contributed by atoms with E-state index in [1.54, 1.807) is 0 Å². The van der Waals surface area contributed by atoms with E-state index < -0.39 is 224 Å². The summed E-state index contributed by atoms with van der Waals surface area (Å²) >= 11 is 0. The molecule has 6 rings (SSSR count). The van der Waals surface area contributed by atoms with Crippen LogP contribution in [-0.2, 0) is 56.8 Å². The van der Waals surface area contributed by atoms with Crippen molar-refractivity contribution in [1.82, 2.24) is 0 Å². The molecule has 0 aliphatic carbocycles. The van der Waals surface area contributed by atoms with Crippen LogP contribution < -0.4 is 0 Å². The van der Waals surface area contributed by atoms with E-state index in [-0.39, 0.29) is 0 Å². The number of rotatable bonds is 17. The first-order valence-electron chi connectivity index (χ1n) is 21.9. The number of methoxy groups -OCH3 is 1. The molecular formula is C38H66O30. The molecule has 30 atom stereocenters. The Kier molecular flexibility index (Phi) is 20.0. The normalized spacial score (nSPS) is 52.8. The summed E-state index contributed by atoms with van der Waals surface area (Å²) in [7, 11) is 1.17. The zero-order valence-electron chi connectivity index (χ0n) is 36.5. The van der Waals surface area contributed by atoms with Gasteiger partial charge in [0.05, 0.1) is 51.8 Å². The van der Waals surface area contributed by atoms with E-state index in [1.807, 2.05) is 0 Å². The molecule has 6 fully saturated rings. The van der Waals surface area contributed by atoms with Crippen molar-refractivity contribution in [1.29, 1.82) is 0 Å². The van der Waals surface area contributed by atoms with Crippen molar-refractivity contribution >= 4 is 0 Å². The Balaban J connectivity index is 1.07. The summed E-state index contributed by atoms with van der Waals surface area (Å²) in [5.74, 6) is -0.735. The molecule has 0 aromatic carbocycles. The molecular weight excluding hydrogens is 936 g/mol. The Hall–Kier alpha value is -1.20. The lowest BCUT2D eigenvalue weighted by Crippen LogP contribution is -2.68. The summed E-state index contributed by atoms with van der Waals surface area (Å²) in [5.41, 5.74) is 0. The number of hydrogen-bond acceptors (Lipinski definition) is 30. The monoisotopic (exact) mass is 1000 g/mol. The molecule has 18 N–H and O–H groups in total. The van der Waals surface area contributed by atoms with Gasteiger partial charge in [-0.05, 0) is 0 Å². The summed E-state index contributed by atoms with van der Waals surface area (Å²) in [6, 6.07) is 0. The Labute approximate surface area is 386 Å². The molecule has 6 aliphatic heterocycles. The molecule has 6 heterocycles. The molecule has 0 amide bonds. The van der Waals surface area contributed by atoms with Crippen molar-refractivity contribution in [2.24, 2.45) is 5.92 Å². The van der Waals surface area contributed by atoms with Crippen LogP contribution in [0.2, 0.25) is 0 Å². The highest BCUT2D eigenvalue weighted by Gasteiger charge is 2.57. The molecule has 6 saturated heterocycles. The Morgan fingerprint density at radius 3 is 0.691 bits per heavy atom. The molecule has 30 heteroatoms. The molecule has 30 nitrogen and oxygen atoms in total. The quantitative estimate of drug-likeness (QED) is 0.0643. The van der Waals surface area contributed by atoms with E-state index in [1.165, 1.54) is 14.0 Å². The van der Waals surface area contributed by atoms with Crippen LogP contribution in [0.3, 0.4) is 0 Å². The van der Waals surface area contributed by atoms with Crippen LogP contribution in [-0.4, -0.2) is 317 Å². The molecule has 0 spiro atoms. The average Bonchev–Trinajstić information content (AvgIpc) is 3.33. The predicted octanol–water partition coefficient (Wildman–Crippen LogP) is -12.2. The number of aliphatic hydroxyl groups is 18. The SMILES string of the molecule is CO[C@@H]1OC(CO)C(O[C@@H]2OC(CO)C(O[C@@H]3OC(CO)C(O[C@@H]4OC(CO)C(O[C@@H]5OC(CO)C(O[C@@H]6OC(CO)C(C)[C@H](O)C6O)[C@H](O)C5O)[C@H](O)C4O)[C@H](O)C3O)[C@H](O)C2O)[C@H](O)C1O. The van der Waals surface area contributed by atoms with Gasteiger partial charge in [0.2, 0.25) is 0 Å². The first kappa shape index (κ1) is 56.1. The molecule has 0 saturated carbocycles. The van der Waals surface area contributed by atoms with E-state index in [9.17, 15) is 91.9 Å². The molecule has 0 aromatic rings. The molecule has 6 aliphatic rings. The number of aliphatic hydroxyl groups excluding tert-OH is 18. The van der Waals surface area contributed by atoms with Crippen molar-refractivity contribution in [3.8, 4) is 0 Å². The Bertz CT molecular complexity index is 1510. The maximum atomic E-state index is 11.2. The van der Waals surface area contributed by atoms with Gasteiger partial charge in [-0.2, -0.15) is 0 Å². The minimum Gasteiger partial charge on any atom is -0.394 e. The summed E-state index contributed by atoms with van der Waals surface area (Å²) in [5, 5.41) is 191. The van der Waals surface area contributed by atoms with Crippen molar-refractivity contribution in [3.63, 3.8) is 0 Å². The van der Waals surface area contributed by atoms with Crippen LogP contribution in [0.4, 0.5) is 0 Å². The largest absolute Gasteiger partial charge is 0.394 e. The Morgan fingerprint density at radius 2 is 0.471 bits per heavy atom. The van der Waals surface area contributed by atoms with E-state index in [0.29, 0.717) is 0 Å². The van der Waals surface area contributed by atoms with Crippen LogP contribution in [0.25, 0.3) is 0 Å². The number of hydrogen-bond donors (Lipinski definition) is 18. The van der Waals surface area contributed by atoms with Gasteiger partial charge in [-0.3, -0.25) is 0 Å². The van der Waals surface area contributed by atoms with Crippen molar-refractivity contribution in [2.75, 3.05) is 46.8 Å². The fourth-order valence-corrected chi connectivity index (χ4v) is 8.91. The smallest absolute Gasteiger partial charge is 0.187 e. The minimum absolute atomic E-state index is 0.577. The standard InChI is InChI=1S/C38H66O30/c1-9-10(3-39)58-34(22(51)16(9)45)64-29-12(5-41)60-36(24(53)18(29)47)66-31-14(7-43)62-38(26(55)20(31)49)68-32-15(8-44)63-37(27(56)21(32)50)67-30-13(6-42)61-35(25(54)19(30)48)65-28-11(4-40)59-33(57-2)23(52)17(28)46/h9-56H,3-8H2,1-2H3/t9?,10?,11?,12?,13?,14?,15?,16-,17+,18+,19+,20+,21+,22?,23?,24?,25?,26?,27?,28?,29?,30?,31?,32?,33+,34-,35-,36-,37-,38-/m0/s1. The zero-order valence-corrected chi connectivity index (χ0v) is 36.5. The molecule has 0 aromatic heterocycles. The van der Waals surface area contributed by atoms with Gasteiger partial charge in [0.25, 0.3) is 0 Å². The van der Waals surface area contributed by atoms with Crippen LogP contribution in [0.1, 0.15) is 6.92 Å². The zero-order chi connectivity index (χ0) is 50.0. The van der Waals surface area contributed by atoms with Gasteiger partial charge < -0.3 is 149 Å². The van der Waals surface area contributed by atoms with Crippen LogP contribution >= 0.6 is 0 Å². The van der Waals surface area contributed by atoms with E-state index in [4.69, 9.17) is 56.8 Å². The van der Waals surface area contributed by atoms with E-state index >= 15 is 0 Å².